The third kappa shape index (κ3) is 4.41. The summed E-state index contributed by atoms with van der Waals surface area (Å²) in [6, 6.07) is 4.68. The topological polar surface area (TPSA) is 91.2 Å². The zero-order valence-electron chi connectivity index (χ0n) is 16.1. The van der Waals surface area contributed by atoms with Gasteiger partial charge in [-0.3, -0.25) is 9.36 Å². The van der Waals surface area contributed by atoms with Crippen molar-refractivity contribution in [1.82, 2.24) is 14.5 Å². The molecule has 0 fully saturated rings. The Morgan fingerprint density at radius 1 is 1.20 bits per heavy atom. The number of hydrogen-bond acceptors (Lipinski definition) is 6. The molecule has 0 spiro atoms. The summed E-state index contributed by atoms with van der Waals surface area (Å²) in [6.45, 7) is 3.00. The Balaban J connectivity index is 1.98. The Kier molecular flexibility index (Phi) is 6.04. The van der Waals surface area contributed by atoms with E-state index in [0.29, 0.717) is 17.1 Å². The summed E-state index contributed by atoms with van der Waals surface area (Å²) in [5.41, 5.74) is 0.692. The standard InChI is InChI=1S/C19H16BrF2N3O4S/c1-10-6-16(29-9-12-4-5-13(21)7-14(12)22)17(20)18(26)25(10)15-8-23-19(24-11(15)2)30(3,27)28/h4-8H,9H2,1-3H3. The van der Waals surface area contributed by atoms with Crippen molar-refractivity contribution in [3.8, 4) is 11.4 Å². The van der Waals surface area contributed by atoms with Gasteiger partial charge in [0.25, 0.3) is 5.56 Å². The predicted octanol–water partition coefficient (Wildman–Crippen LogP) is 3.27. The highest BCUT2D eigenvalue weighted by atomic mass is 79.9. The van der Waals surface area contributed by atoms with Crippen LogP contribution in [0.3, 0.4) is 0 Å². The van der Waals surface area contributed by atoms with Crippen LogP contribution in [0.5, 0.6) is 5.75 Å². The number of nitrogens with zero attached hydrogens (tertiary/aromatic N) is 3. The average molecular weight is 500 g/mol. The summed E-state index contributed by atoms with van der Waals surface area (Å²) in [6.07, 6.45) is 2.25. The summed E-state index contributed by atoms with van der Waals surface area (Å²) < 4.78 is 57.0. The molecule has 0 saturated carbocycles. The van der Waals surface area contributed by atoms with Gasteiger partial charge in [0.2, 0.25) is 15.0 Å². The van der Waals surface area contributed by atoms with Gasteiger partial charge in [-0.1, -0.05) is 0 Å². The molecular formula is C19H16BrF2N3O4S. The Morgan fingerprint density at radius 2 is 1.90 bits per heavy atom. The lowest BCUT2D eigenvalue weighted by molar-refractivity contribution is 0.296. The van der Waals surface area contributed by atoms with Crippen molar-refractivity contribution in [2.45, 2.75) is 25.6 Å². The second-order valence-electron chi connectivity index (χ2n) is 6.52. The quantitative estimate of drug-likeness (QED) is 0.500. The first-order valence-electron chi connectivity index (χ1n) is 8.52. The third-order valence-electron chi connectivity index (χ3n) is 4.20. The van der Waals surface area contributed by atoms with Crippen LogP contribution in [0, 0.1) is 25.5 Å². The maximum Gasteiger partial charge on any atom is 0.273 e. The van der Waals surface area contributed by atoms with Crippen molar-refractivity contribution in [1.29, 1.82) is 0 Å². The number of ether oxygens (including phenoxy) is 1. The van der Waals surface area contributed by atoms with Gasteiger partial charge in [-0.05, 0) is 41.9 Å². The second kappa shape index (κ2) is 8.23. The lowest BCUT2D eigenvalue weighted by Gasteiger charge is -2.16. The van der Waals surface area contributed by atoms with Crippen LogP contribution >= 0.6 is 15.9 Å². The first-order valence-corrected chi connectivity index (χ1v) is 11.2. The van der Waals surface area contributed by atoms with Crippen molar-refractivity contribution < 1.29 is 21.9 Å². The second-order valence-corrected chi connectivity index (χ2v) is 9.23. The van der Waals surface area contributed by atoms with Crippen LogP contribution in [0.25, 0.3) is 5.69 Å². The van der Waals surface area contributed by atoms with Gasteiger partial charge in [0, 0.05) is 29.6 Å². The number of halogens is 3. The van der Waals surface area contributed by atoms with Crippen LogP contribution in [0.15, 0.2) is 44.9 Å². The van der Waals surface area contributed by atoms with Gasteiger partial charge in [0.15, 0.2) is 0 Å². The van der Waals surface area contributed by atoms with Crippen molar-refractivity contribution in [3.63, 3.8) is 0 Å². The zero-order valence-corrected chi connectivity index (χ0v) is 18.5. The summed E-state index contributed by atoms with van der Waals surface area (Å²) in [5.74, 6) is -1.28. The summed E-state index contributed by atoms with van der Waals surface area (Å²) in [5, 5.41) is -0.338. The van der Waals surface area contributed by atoms with Crippen LogP contribution in [0.2, 0.25) is 0 Å². The van der Waals surface area contributed by atoms with E-state index < -0.39 is 27.0 Å². The number of sulfone groups is 1. The van der Waals surface area contributed by atoms with E-state index in [0.717, 1.165) is 18.4 Å². The van der Waals surface area contributed by atoms with Gasteiger partial charge in [-0.25, -0.2) is 27.2 Å². The SMILES string of the molecule is Cc1nc(S(C)(=O)=O)ncc1-n1c(C)cc(OCc2ccc(F)cc2F)c(Br)c1=O. The molecule has 3 aromatic rings. The van der Waals surface area contributed by atoms with Crippen LogP contribution in [-0.2, 0) is 16.4 Å². The summed E-state index contributed by atoms with van der Waals surface area (Å²) >= 11 is 3.19. The molecule has 0 saturated heterocycles. The van der Waals surface area contributed by atoms with Gasteiger partial charge in [-0.2, -0.15) is 0 Å². The molecule has 11 heteroatoms. The lowest BCUT2D eigenvalue weighted by Crippen LogP contribution is -2.23. The molecule has 1 aromatic carbocycles. The highest BCUT2D eigenvalue weighted by Gasteiger charge is 2.18. The van der Waals surface area contributed by atoms with Crippen molar-refractivity contribution in [2.24, 2.45) is 0 Å². The fourth-order valence-electron chi connectivity index (χ4n) is 2.72. The molecule has 0 unspecified atom stereocenters. The molecule has 7 nitrogen and oxygen atoms in total. The molecule has 0 N–H and O–H groups in total. The predicted molar refractivity (Wildman–Crippen MR) is 109 cm³/mol. The van der Waals surface area contributed by atoms with Gasteiger partial charge in [-0.15, -0.1) is 0 Å². The monoisotopic (exact) mass is 499 g/mol. The fraction of sp³-hybridized carbons (Fsp3) is 0.211. The molecule has 158 valence electrons. The molecule has 2 aromatic heterocycles. The smallest absolute Gasteiger partial charge is 0.273 e. The highest BCUT2D eigenvalue weighted by Crippen LogP contribution is 2.26. The highest BCUT2D eigenvalue weighted by molar-refractivity contribution is 9.10. The Labute approximate surface area is 179 Å². The maximum atomic E-state index is 13.8. The van der Waals surface area contributed by atoms with E-state index in [2.05, 4.69) is 25.9 Å². The van der Waals surface area contributed by atoms with Crippen molar-refractivity contribution >= 4 is 25.8 Å². The van der Waals surface area contributed by atoms with Crippen LogP contribution in [-0.4, -0.2) is 29.2 Å². The van der Waals surface area contributed by atoms with Crippen LogP contribution in [0.1, 0.15) is 17.0 Å². The Bertz CT molecular complexity index is 1310. The number of aryl methyl sites for hydroxylation is 2. The maximum absolute atomic E-state index is 13.8. The normalized spacial score (nSPS) is 11.5. The Morgan fingerprint density at radius 3 is 2.50 bits per heavy atom. The number of rotatable bonds is 5. The van der Waals surface area contributed by atoms with E-state index in [9.17, 15) is 22.0 Å². The Hall–Kier alpha value is -2.66. The molecule has 0 radical (unpaired) electrons. The minimum Gasteiger partial charge on any atom is -0.487 e. The van der Waals surface area contributed by atoms with E-state index >= 15 is 0 Å². The first-order chi connectivity index (χ1) is 14.0. The van der Waals surface area contributed by atoms with Crippen molar-refractivity contribution in [3.05, 3.63) is 73.9 Å². The fourth-order valence-corrected chi connectivity index (χ4v) is 3.67. The average Bonchev–Trinajstić information content (AvgIpc) is 2.65. The summed E-state index contributed by atoms with van der Waals surface area (Å²) in [4.78, 5) is 20.7. The molecule has 0 atom stereocenters. The molecule has 0 aliphatic rings. The van der Waals surface area contributed by atoms with Crippen molar-refractivity contribution in [2.75, 3.05) is 6.26 Å². The third-order valence-corrected chi connectivity index (χ3v) is 5.79. The zero-order chi connectivity index (χ0) is 22.2. The largest absolute Gasteiger partial charge is 0.487 e. The van der Waals surface area contributed by atoms with Gasteiger partial charge >= 0.3 is 0 Å². The molecule has 0 aliphatic carbocycles. The molecule has 0 amide bonds. The van der Waals surface area contributed by atoms with E-state index in [4.69, 9.17) is 4.74 Å². The summed E-state index contributed by atoms with van der Waals surface area (Å²) in [7, 11) is -3.59. The van der Waals surface area contributed by atoms with E-state index in [1.807, 2.05) is 0 Å². The molecule has 30 heavy (non-hydrogen) atoms. The molecular weight excluding hydrogens is 484 g/mol. The van der Waals surface area contributed by atoms with Crippen LogP contribution < -0.4 is 10.3 Å². The molecule has 2 heterocycles. The lowest BCUT2D eigenvalue weighted by atomic mass is 10.2. The molecule has 0 aliphatic heterocycles. The molecule has 0 bridgehead atoms. The van der Waals surface area contributed by atoms with E-state index in [1.165, 1.54) is 16.8 Å². The van der Waals surface area contributed by atoms with E-state index in [1.54, 1.807) is 19.9 Å². The minimum absolute atomic E-state index is 0.0715. The van der Waals surface area contributed by atoms with Gasteiger partial charge < -0.3 is 4.74 Å². The minimum atomic E-state index is -3.59. The number of pyridine rings is 1. The number of aromatic nitrogens is 3. The van der Waals surface area contributed by atoms with E-state index in [-0.39, 0.29) is 27.5 Å². The first kappa shape index (κ1) is 22.0. The number of benzene rings is 1. The van der Waals surface area contributed by atoms with Gasteiger partial charge in [0.1, 0.15) is 28.5 Å². The van der Waals surface area contributed by atoms with Crippen LogP contribution in [0.4, 0.5) is 8.78 Å². The van der Waals surface area contributed by atoms with Gasteiger partial charge in [0.05, 0.1) is 17.6 Å². The number of hydrogen-bond donors (Lipinski definition) is 0. The molecule has 3 rings (SSSR count).